The molecule has 1 heterocycles. The van der Waals surface area contributed by atoms with Crippen molar-refractivity contribution in [3.05, 3.63) is 24.3 Å². The zero-order valence-electron chi connectivity index (χ0n) is 16.0. The van der Waals surface area contributed by atoms with Crippen molar-refractivity contribution in [2.75, 3.05) is 31.6 Å². The maximum absolute atomic E-state index is 12.5. The molecule has 0 radical (unpaired) electrons. The Balaban J connectivity index is 1.88. The van der Waals surface area contributed by atoms with Gasteiger partial charge in [0.1, 0.15) is 11.4 Å². The molecule has 1 N–H and O–H groups in total. The van der Waals surface area contributed by atoms with E-state index in [-0.39, 0.29) is 18.4 Å². The Morgan fingerprint density at radius 2 is 1.81 bits per heavy atom. The molecule has 1 atom stereocenters. The molecule has 0 saturated carbocycles. The van der Waals surface area contributed by atoms with E-state index in [0.717, 1.165) is 32.4 Å². The summed E-state index contributed by atoms with van der Waals surface area (Å²) in [5.74, 6) is 0.475. The first-order valence-electron chi connectivity index (χ1n) is 9.44. The topological polar surface area (TPSA) is 67.9 Å². The number of nitrogens with zero attached hydrogens (tertiary/aromatic N) is 1. The molecule has 1 aliphatic rings. The zero-order valence-corrected chi connectivity index (χ0v) is 16.0. The Labute approximate surface area is 155 Å². The molecule has 1 aromatic rings. The minimum absolute atomic E-state index is 0.0203. The van der Waals surface area contributed by atoms with Gasteiger partial charge >= 0.3 is 0 Å². The average Bonchev–Trinajstić information content (AvgIpc) is 3.16. The van der Waals surface area contributed by atoms with E-state index in [1.54, 1.807) is 24.3 Å². The number of nitrogens with one attached hydrogen (secondary N) is 1. The van der Waals surface area contributed by atoms with Crippen LogP contribution >= 0.6 is 0 Å². The highest BCUT2D eigenvalue weighted by atomic mass is 16.5. The van der Waals surface area contributed by atoms with Crippen molar-refractivity contribution < 1.29 is 19.1 Å². The lowest BCUT2D eigenvalue weighted by molar-refractivity contribution is -0.139. The van der Waals surface area contributed by atoms with Crippen molar-refractivity contribution >= 4 is 17.5 Å². The van der Waals surface area contributed by atoms with Gasteiger partial charge < -0.3 is 19.7 Å². The van der Waals surface area contributed by atoms with Crippen molar-refractivity contribution in [3.8, 4) is 5.75 Å². The molecule has 6 heteroatoms. The maximum Gasteiger partial charge on any atom is 0.260 e. The van der Waals surface area contributed by atoms with Gasteiger partial charge in [-0.1, -0.05) is 13.3 Å². The van der Waals surface area contributed by atoms with Crippen LogP contribution in [0.15, 0.2) is 24.3 Å². The van der Waals surface area contributed by atoms with Gasteiger partial charge in [0.25, 0.3) is 11.8 Å². The molecule has 1 aromatic carbocycles. The number of carbonyl (C=O) groups excluding carboxylic acids is 2. The van der Waals surface area contributed by atoms with Crippen LogP contribution in [0.1, 0.15) is 46.5 Å². The smallest absolute Gasteiger partial charge is 0.260 e. The van der Waals surface area contributed by atoms with Crippen LogP contribution in [-0.2, 0) is 14.3 Å². The normalized spacial score (nSPS) is 16.2. The van der Waals surface area contributed by atoms with Gasteiger partial charge in [0.15, 0.2) is 6.61 Å². The third-order valence-electron chi connectivity index (χ3n) is 4.60. The molecular weight excluding hydrogens is 332 g/mol. The van der Waals surface area contributed by atoms with Crippen molar-refractivity contribution in [3.63, 3.8) is 0 Å². The van der Waals surface area contributed by atoms with Gasteiger partial charge in [-0.15, -0.1) is 0 Å². The fourth-order valence-electron chi connectivity index (χ4n) is 3.15. The second-order valence-corrected chi connectivity index (χ2v) is 6.77. The Morgan fingerprint density at radius 3 is 2.38 bits per heavy atom. The van der Waals surface area contributed by atoms with Crippen LogP contribution in [-0.4, -0.2) is 48.6 Å². The number of ether oxygens (including phenoxy) is 2. The summed E-state index contributed by atoms with van der Waals surface area (Å²) in [4.78, 5) is 26.4. The van der Waals surface area contributed by atoms with Crippen molar-refractivity contribution in [1.29, 1.82) is 0 Å². The molecule has 0 aromatic heterocycles. The van der Waals surface area contributed by atoms with Crippen molar-refractivity contribution in [1.82, 2.24) is 4.90 Å². The molecule has 0 spiro atoms. The first kappa shape index (κ1) is 20.2. The van der Waals surface area contributed by atoms with E-state index >= 15 is 0 Å². The summed E-state index contributed by atoms with van der Waals surface area (Å²) in [6.45, 7) is 7.91. The summed E-state index contributed by atoms with van der Waals surface area (Å²) >= 11 is 0. The van der Waals surface area contributed by atoms with E-state index < -0.39 is 5.60 Å². The van der Waals surface area contributed by atoms with Crippen molar-refractivity contribution in [2.45, 2.75) is 52.1 Å². The summed E-state index contributed by atoms with van der Waals surface area (Å²) in [5.41, 5.74) is -0.156. The Kier molecular flexibility index (Phi) is 7.45. The van der Waals surface area contributed by atoms with Crippen LogP contribution in [0.3, 0.4) is 0 Å². The molecule has 0 unspecified atom stereocenters. The first-order valence-corrected chi connectivity index (χ1v) is 9.44. The lowest BCUT2D eigenvalue weighted by Crippen LogP contribution is -2.42. The molecule has 6 nitrogen and oxygen atoms in total. The quantitative estimate of drug-likeness (QED) is 0.732. The molecule has 1 saturated heterocycles. The van der Waals surface area contributed by atoms with E-state index in [2.05, 4.69) is 5.32 Å². The van der Waals surface area contributed by atoms with Gasteiger partial charge in [0.2, 0.25) is 0 Å². The number of rotatable bonds is 9. The monoisotopic (exact) mass is 362 g/mol. The SMILES string of the molecule is CCC[C@@](C)(OCC)C(=O)Nc1ccc(OCC(=O)N2CCCC2)cc1. The van der Waals surface area contributed by atoms with Gasteiger partial charge in [0.05, 0.1) is 0 Å². The third-order valence-corrected chi connectivity index (χ3v) is 4.60. The molecule has 0 bridgehead atoms. The summed E-state index contributed by atoms with van der Waals surface area (Å²) in [6, 6.07) is 7.05. The third kappa shape index (κ3) is 5.46. The lowest BCUT2D eigenvalue weighted by atomic mass is 9.99. The molecule has 26 heavy (non-hydrogen) atoms. The average molecular weight is 362 g/mol. The van der Waals surface area contributed by atoms with Crippen molar-refractivity contribution in [2.24, 2.45) is 0 Å². The fraction of sp³-hybridized carbons (Fsp3) is 0.600. The highest BCUT2D eigenvalue weighted by molar-refractivity contribution is 5.97. The van der Waals surface area contributed by atoms with E-state index in [1.807, 2.05) is 25.7 Å². The van der Waals surface area contributed by atoms with Crippen LogP contribution in [0.25, 0.3) is 0 Å². The molecule has 2 rings (SSSR count). The first-order chi connectivity index (χ1) is 12.5. The van der Waals surface area contributed by atoms with Gasteiger partial charge in [-0.05, 0) is 57.4 Å². The van der Waals surface area contributed by atoms with Gasteiger partial charge in [-0.25, -0.2) is 0 Å². The predicted molar refractivity (Wildman–Crippen MR) is 101 cm³/mol. The number of hydrogen-bond donors (Lipinski definition) is 1. The van der Waals surface area contributed by atoms with Crippen LogP contribution in [0.2, 0.25) is 0 Å². The largest absolute Gasteiger partial charge is 0.484 e. The van der Waals surface area contributed by atoms with E-state index in [0.29, 0.717) is 24.5 Å². The molecular formula is C20H30N2O4. The Hall–Kier alpha value is -2.08. The number of likely N-dealkylation sites (tertiary alicyclic amines) is 1. The van der Waals surface area contributed by atoms with Crippen LogP contribution in [0.5, 0.6) is 5.75 Å². The van der Waals surface area contributed by atoms with Crippen LogP contribution in [0, 0.1) is 0 Å². The molecule has 2 amide bonds. The van der Waals surface area contributed by atoms with Crippen LogP contribution in [0.4, 0.5) is 5.69 Å². The predicted octanol–water partition coefficient (Wildman–Crippen LogP) is 3.22. The zero-order chi connectivity index (χ0) is 19.0. The molecule has 144 valence electrons. The standard InChI is InChI=1S/C20H30N2O4/c1-4-12-20(3,26-5-2)19(24)21-16-8-10-17(11-9-16)25-15-18(23)22-13-6-7-14-22/h8-11H,4-7,12-15H2,1-3H3,(H,21,24)/t20-/m1/s1. The van der Waals surface area contributed by atoms with Gasteiger partial charge in [-0.3, -0.25) is 9.59 Å². The summed E-state index contributed by atoms with van der Waals surface area (Å²) < 4.78 is 11.2. The molecule has 0 aliphatic carbocycles. The van der Waals surface area contributed by atoms with E-state index in [4.69, 9.17) is 9.47 Å². The second kappa shape index (κ2) is 9.57. The summed E-state index contributed by atoms with van der Waals surface area (Å²) in [6.07, 6.45) is 3.66. The van der Waals surface area contributed by atoms with E-state index in [1.165, 1.54) is 0 Å². The Bertz CT molecular complexity index is 588. The number of carbonyl (C=O) groups is 2. The lowest BCUT2D eigenvalue weighted by Gasteiger charge is -2.27. The second-order valence-electron chi connectivity index (χ2n) is 6.77. The number of amides is 2. The number of anilines is 1. The maximum atomic E-state index is 12.5. The minimum Gasteiger partial charge on any atom is -0.484 e. The Morgan fingerprint density at radius 1 is 1.15 bits per heavy atom. The van der Waals surface area contributed by atoms with Gasteiger partial charge in [0, 0.05) is 25.4 Å². The highest BCUT2D eigenvalue weighted by Crippen LogP contribution is 2.22. The fourth-order valence-corrected chi connectivity index (χ4v) is 3.15. The van der Waals surface area contributed by atoms with E-state index in [9.17, 15) is 9.59 Å². The highest BCUT2D eigenvalue weighted by Gasteiger charge is 2.32. The van der Waals surface area contributed by atoms with Gasteiger partial charge in [-0.2, -0.15) is 0 Å². The minimum atomic E-state index is -0.833. The number of hydrogen-bond acceptors (Lipinski definition) is 4. The number of benzene rings is 1. The molecule has 1 aliphatic heterocycles. The summed E-state index contributed by atoms with van der Waals surface area (Å²) in [7, 11) is 0. The van der Waals surface area contributed by atoms with Crippen LogP contribution < -0.4 is 10.1 Å². The summed E-state index contributed by atoms with van der Waals surface area (Å²) in [5, 5.41) is 2.89. The molecule has 1 fully saturated rings.